The molecule has 3 heteroatoms. The van der Waals surface area contributed by atoms with E-state index in [1.54, 1.807) is 0 Å². The van der Waals surface area contributed by atoms with Gasteiger partial charge < -0.3 is 3.53 Å². The molecule has 11 heavy (non-hydrogen) atoms. The summed E-state index contributed by atoms with van der Waals surface area (Å²) in [5, 5.41) is 0. The van der Waals surface area contributed by atoms with Gasteiger partial charge >= 0.3 is 0 Å². The Kier molecular flexibility index (Phi) is 5.19. The van der Waals surface area contributed by atoms with Crippen LogP contribution in [0.25, 0.3) is 0 Å². The highest BCUT2D eigenvalue weighted by Crippen LogP contribution is 1.99. The Labute approximate surface area is 82.0 Å². The first-order valence-corrected chi connectivity index (χ1v) is 4.43. The minimum Gasteiger partial charge on any atom is -0.313 e. The van der Waals surface area contributed by atoms with Crippen molar-refractivity contribution in [3.05, 3.63) is 23.9 Å². The Hall–Kier alpha value is -0.320. The topological polar surface area (TPSA) is 24.4 Å². The average molecular weight is 264 g/mol. The van der Waals surface area contributed by atoms with E-state index in [4.69, 9.17) is 0 Å². The van der Waals surface area contributed by atoms with Crippen LogP contribution in [-0.2, 0) is 0 Å². The van der Waals surface area contributed by atoms with E-state index in [0.717, 1.165) is 17.1 Å². The molecule has 0 aromatic heterocycles. The maximum Gasteiger partial charge on any atom is 0.137 e. The fraction of sp³-hybridized carbons (Fsp3) is 0.375. The minimum absolute atomic E-state index is 0.834. The van der Waals surface area contributed by atoms with E-state index < -0.39 is 0 Å². The van der Waals surface area contributed by atoms with Crippen molar-refractivity contribution in [1.82, 2.24) is 3.53 Å². The summed E-state index contributed by atoms with van der Waals surface area (Å²) in [5.74, 6) is 0.834. The van der Waals surface area contributed by atoms with Gasteiger partial charge in [-0.15, -0.1) is 0 Å². The van der Waals surface area contributed by atoms with Crippen LogP contribution in [-0.4, -0.2) is 5.84 Å². The van der Waals surface area contributed by atoms with Crippen LogP contribution in [0.5, 0.6) is 0 Å². The van der Waals surface area contributed by atoms with Crippen molar-refractivity contribution in [3.63, 3.8) is 0 Å². The first kappa shape index (κ1) is 10.7. The van der Waals surface area contributed by atoms with Gasteiger partial charge in [-0.3, -0.25) is 0 Å². The molecule has 2 nitrogen and oxygen atoms in total. The number of aliphatic imine (C=N–C) groups is 1. The Morgan fingerprint density at radius 1 is 1.55 bits per heavy atom. The maximum atomic E-state index is 4.27. The summed E-state index contributed by atoms with van der Waals surface area (Å²) in [6, 6.07) is 0. The maximum absolute atomic E-state index is 4.27. The number of halogens is 1. The van der Waals surface area contributed by atoms with Crippen molar-refractivity contribution in [2.45, 2.75) is 20.8 Å². The molecule has 0 aliphatic carbocycles. The summed E-state index contributed by atoms with van der Waals surface area (Å²) >= 11 is 2.05. The van der Waals surface area contributed by atoms with Crippen LogP contribution in [0.1, 0.15) is 20.8 Å². The van der Waals surface area contributed by atoms with E-state index >= 15 is 0 Å². The quantitative estimate of drug-likeness (QED) is 0.352. The number of hydrogen-bond acceptors (Lipinski definition) is 1. The second-order valence-electron chi connectivity index (χ2n) is 2.27. The van der Waals surface area contributed by atoms with Gasteiger partial charge in [0.15, 0.2) is 0 Å². The zero-order valence-electron chi connectivity index (χ0n) is 7.11. The number of amidine groups is 1. The van der Waals surface area contributed by atoms with Gasteiger partial charge in [0.1, 0.15) is 5.84 Å². The van der Waals surface area contributed by atoms with Crippen LogP contribution in [0.4, 0.5) is 0 Å². The van der Waals surface area contributed by atoms with E-state index in [1.165, 1.54) is 0 Å². The summed E-state index contributed by atoms with van der Waals surface area (Å²) in [7, 11) is 0. The number of rotatable bonds is 2. The highest BCUT2D eigenvalue weighted by Gasteiger charge is 1.95. The lowest BCUT2D eigenvalue weighted by atomic mass is 10.3. The molecule has 0 heterocycles. The van der Waals surface area contributed by atoms with Crippen molar-refractivity contribution < 1.29 is 0 Å². The fourth-order valence-electron chi connectivity index (χ4n) is 0.438. The second-order valence-corrected chi connectivity index (χ2v) is 2.80. The first-order chi connectivity index (χ1) is 5.11. The Balaban J connectivity index is 4.49. The minimum atomic E-state index is 0.834. The van der Waals surface area contributed by atoms with E-state index in [1.807, 2.05) is 49.7 Å². The van der Waals surface area contributed by atoms with Crippen molar-refractivity contribution in [1.29, 1.82) is 0 Å². The van der Waals surface area contributed by atoms with Gasteiger partial charge in [0.05, 0.1) is 22.9 Å². The van der Waals surface area contributed by atoms with Gasteiger partial charge in [-0.2, -0.15) is 0 Å². The first-order valence-electron chi connectivity index (χ1n) is 3.36. The van der Waals surface area contributed by atoms with Gasteiger partial charge in [0, 0.05) is 5.70 Å². The number of nitrogens with zero attached hydrogens (tertiary/aromatic N) is 1. The van der Waals surface area contributed by atoms with Crippen molar-refractivity contribution in [2.24, 2.45) is 4.99 Å². The van der Waals surface area contributed by atoms with Crippen LogP contribution in [0.15, 0.2) is 28.9 Å². The largest absolute Gasteiger partial charge is 0.313 e. The molecular weight excluding hydrogens is 251 g/mol. The predicted molar refractivity (Wildman–Crippen MR) is 58.8 cm³/mol. The molecule has 0 atom stereocenters. The molecule has 62 valence electrons. The van der Waals surface area contributed by atoms with Gasteiger partial charge in [-0.25, -0.2) is 4.99 Å². The zero-order chi connectivity index (χ0) is 8.85. The fourth-order valence-corrected chi connectivity index (χ4v) is 1.02. The summed E-state index contributed by atoms with van der Waals surface area (Å²) < 4.78 is 2.95. The van der Waals surface area contributed by atoms with E-state index in [2.05, 4.69) is 15.1 Å². The second kappa shape index (κ2) is 5.35. The summed E-state index contributed by atoms with van der Waals surface area (Å²) in [5.41, 5.74) is 1.94. The van der Waals surface area contributed by atoms with Gasteiger partial charge in [-0.1, -0.05) is 12.7 Å². The van der Waals surface area contributed by atoms with Gasteiger partial charge in [0.25, 0.3) is 0 Å². The van der Waals surface area contributed by atoms with Crippen LogP contribution < -0.4 is 3.53 Å². The monoisotopic (exact) mass is 264 g/mol. The number of nitrogens with one attached hydrogen (secondary N) is 1. The van der Waals surface area contributed by atoms with Crippen molar-refractivity contribution in [2.75, 3.05) is 0 Å². The molecule has 0 rings (SSSR count). The standard InChI is InChI=1S/C8H13IN2/c1-5-7(4)10-8(11-9)6(2)3/h5H,2H2,1,3-4H3,(H,10,11)/b7-5-. The average Bonchev–Trinajstić information content (AvgIpc) is 1.99. The molecule has 0 fully saturated rings. The summed E-state index contributed by atoms with van der Waals surface area (Å²) in [6.07, 6.45) is 1.96. The zero-order valence-corrected chi connectivity index (χ0v) is 9.27. The Morgan fingerprint density at radius 3 is 2.36 bits per heavy atom. The van der Waals surface area contributed by atoms with Gasteiger partial charge in [0.2, 0.25) is 0 Å². The van der Waals surface area contributed by atoms with Crippen LogP contribution in [0.3, 0.4) is 0 Å². The molecule has 0 aliphatic heterocycles. The molecule has 0 saturated heterocycles. The third-order valence-electron chi connectivity index (χ3n) is 1.20. The molecule has 0 saturated carbocycles. The molecule has 0 unspecified atom stereocenters. The van der Waals surface area contributed by atoms with Crippen LogP contribution >= 0.6 is 22.9 Å². The molecule has 1 N–H and O–H groups in total. The lowest BCUT2D eigenvalue weighted by Gasteiger charge is -2.02. The molecule has 0 aromatic rings. The highest BCUT2D eigenvalue weighted by molar-refractivity contribution is 14.1. The number of hydrogen-bond donors (Lipinski definition) is 1. The third-order valence-corrected chi connectivity index (χ3v) is 1.71. The van der Waals surface area contributed by atoms with Crippen LogP contribution in [0, 0.1) is 0 Å². The normalized spacial score (nSPS) is 13.1. The molecule has 0 bridgehead atoms. The number of allylic oxidation sites excluding steroid dienone is 2. The highest BCUT2D eigenvalue weighted by atomic mass is 127. The molecule has 0 aliphatic rings. The third kappa shape index (κ3) is 4.19. The lowest BCUT2D eigenvalue weighted by Crippen LogP contribution is -2.12. The molecule has 0 amide bonds. The Morgan fingerprint density at radius 2 is 2.09 bits per heavy atom. The molecule has 0 radical (unpaired) electrons. The molecule has 0 aromatic carbocycles. The Bertz CT molecular complexity index is 204. The predicted octanol–water partition coefficient (Wildman–Crippen LogP) is 2.82. The van der Waals surface area contributed by atoms with E-state index in [0.29, 0.717) is 0 Å². The van der Waals surface area contributed by atoms with E-state index in [-0.39, 0.29) is 0 Å². The van der Waals surface area contributed by atoms with Gasteiger partial charge in [-0.05, 0) is 26.3 Å². The smallest absolute Gasteiger partial charge is 0.137 e. The molecule has 0 spiro atoms. The summed E-state index contributed by atoms with van der Waals surface area (Å²) in [6.45, 7) is 9.63. The van der Waals surface area contributed by atoms with Crippen molar-refractivity contribution in [3.8, 4) is 0 Å². The van der Waals surface area contributed by atoms with Crippen molar-refractivity contribution >= 4 is 28.7 Å². The molecular formula is C8H13IN2. The van der Waals surface area contributed by atoms with E-state index in [9.17, 15) is 0 Å². The lowest BCUT2D eigenvalue weighted by molar-refractivity contribution is 1.25. The SMILES string of the molecule is C=C(C)/C(=N\C(C)=C/C)NI. The summed E-state index contributed by atoms with van der Waals surface area (Å²) in [4.78, 5) is 4.27. The van der Waals surface area contributed by atoms with Crippen LogP contribution in [0.2, 0.25) is 0 Å².